The van der Waals surface area contributed by atoms with Crippen molar-refractivity contribution >= 4 is 34.8 Å². The molecule has 86 valence electrons. The maximum Gasteiger partial charge on any atom is 0.227 e. The van der Waals surface area contributed by atoms with E-state index < -0.39 is 0 Å². The van der Waals surface area contributed by atoms with E-state index in [1.54, 1.807) is 11.1 Å². The number of hydrogen-bond acceptors (Lipinski definition) is 2. The van der Waals surface area contributed by atoms with Gasteiger partial charge in [0.1, 0.15) is 5.15 Å². The lowest BCUT2D eigenvalue weighted by Crippen LogP contribution is -2.24. The number of rotatable bonds is 2. The average Bonchev–Trinajstić information content (AvgIpc) is 2.64. The quantitative estimate of drug-likeness (QED) is 0.604. The van der Waals surface area contributed by atoms with Crippen LogP contribution < -0.4 is 4.90 Å². The van der Waals surface area contributed by atoms with Crippen molar-refractivity contribution < 1.29 is 4.79 Å². The van der Waals surface area contributed by atoms with Gasteiger partial charge >= 0.3 is 0 Å². The number of aryl methyl sites for hydroxylation is 1. The van der Waals surface area contributed by atoms with E-state index in [1.165, 1.54) is 0 Å². The molecule has 0 aliphatic carbocycles. The molecule has 3 nitrogen and oxygen atoms in total. The predicted molar refractivity (Wildman–Crippen MR) is 65.2 cm³/mol. The number of amides is 1. The van der Waals surface area contributed by atoms with Crippen LogP contribution in [0.15, 0.2) is 12.3 Å². The summed E-state index contributed by atoms with van der Waals surface area (Å²) in [6, 6.07) is 1.88. The maximum atomic E-state index is 11.7. The fourth-order valence-corrected chi connectivity index (χ4v) is 2.14. The Morgan fingerprint density at radius 1 is 1.62 bits per heavy atom. The summed E-state index contributed by atoms with van der Waals surface area (Å²) in [7, 11) is 0. The fourth-order valence-electron chi connectivity index (χ4n) is 1.83. The number of carbonyl (C=O) groups excluding carboxylic acids is 1. The largest absolute Gasteiger partial charge is 0.311 e. The van der Waals surface area contributed by atoms with E-state index in [1.807, 2.05) is 13.0 Å². The minimum Gasteiger partial charge on any atom is -0.311 e. The van der Waals surface area contributed by atoms with Gasteiger partial charge in [-0.1, -0.05) is 11.6 Å². The van der Waals surface area contributed by atoms with E-state index in [0.29, 0.717) is 24.0 Å². The summed E-state index contributed by atoms with van der Waals surface area (Å²) in [5, 5.41) is 0.476. The summed E-state index contributed by atoms with van der Waals surface area (Å²) in [6.07, 6.45) is 2.15. The van der Waals surface area contributed by atoms with Crippen LogP contribution in [0.2, 0.25) is 5.15 Å². The summed E-state index contributed by atoms with van der Waals surface area (Å²) in [6.45, 7) is 2.55. The zero-order valence-corrected chi connectivity index (χ0v) is 10.4. The highest BCUT2D eigenvalue weighted by molar-refractivity contribution is 6.30. The summed E-state index contributed by atoms with van der Waals surface area (Å²) >= 11 is 11.6. The van der Waals surface area contributed by atoms with Crippen molar-refractivity contribution in [3.63, 3.8) is 0 Å². The molecular weight excluding hydrogens is 247 g/mol. The van der Waals surface area contributed by atoms with Gasteiger partial charge in [-0.2, -0.15) is 0 Å². The predicted octanol–water partition coefficient (Wildman–Crippen LogP) is 2.64. The van der Waals surface area contributed by atoms with Crippen LogP contribution in [0.1, 0.15) is 12.0 Å². The number of halogens is 2. The van der Waals surface area contributed by atoms with E-state index in [4.69, 9.17) is 23.2 Å². The molecule has 0 saturated carbocycles. The highest BCUT2D eigenvalue weighted by Gasteiger charge is 2.30. The molecule has 16 heavy (non-hydrogen) atoms. The SMILES string of the molecule is Cc1cc(N2CC(CCl)CC2=O)cnc1Cl. The summed E-state index contributed by atoms with van der Waals surface area (Å²) < 4.78 is 0. The number of carbonyl (C=O) groups is 1. The number of anilines is 1. The highest BCUT2D eigenvalue weighted by Crippen LogP contribution is 2.27. The topological polar surface area (TPSA) is 33.2 Å². The molecule has 0 bridgehead atoms. The molecule has 1 aliphatic rings. The second-order valence-electron chi connectivity index (χ2n) is 4.03. The number of alkyl halides is 1. The molecule has 0 N–H and O–H groups in total. The smallest absolute Gasteiger partial charge is 0.227 e. The van der Waals surface area contributed by atoms with E-state index in [2.05, 4.69) is 4.98 Å². The van der Waals surface area contributed by atoms with Gasteiger partial charge in [0, 0.05) is 18.8 Å². The molecule has 0 radical (unpaired) electrons. The fraction of sp³-hybridized carbons (Fsp3) is 0.455. The Bertz CT molecular complexity index is 422. The first-order valence-electron chi connectivity index (χ1n) is 5.10. The third kappa shape index (κ3) is 2.15. The van der Waals surface area contributed by atoms with Crippen molar-refractivity contribution in [2.24, 2.45) is 5.92 Å². The molecule has 0 spiro atoms. The molecule has 1 aromatic heterocycles. The number of nitrogens with zero attached hydrogens (tertiary/aromatic N) is 2. The lowest BCUT2D eigenvalue weighted by molar-refractivity contribution is -0.117. The summed E-state index contributed by atoms with van der Waals surface area (Å²) in [5.41, 5.74) is 1.68. The van der Waals surface area contributed by atoms with Crippen LogP contribution in [-0.4, -0.2) is 23.3 Å². The highest BCUT2D eigenvalue weighted by atomic mass is 35.5. The molecular formula is C11H12Cl2N2O. The van der Waals surface area contributed by atoms with Crippen LogP contribution in [0.25, 0.3) is 0 Å². The van der Waals surface area contributed by atoms with Crippen LogP contribution in [0.3, 0.4) is 0 Å². The van der Waals surface area contributed by atoms with Gasteiger partial charge in [0.15, 0.2) is 0 Å². The van der Waals surface area contributed by atoms with Gasteiger partial charge in [-0.05, 0) is 24.5 Å². The minimum absolute atomic E-state index is 0.106. The average molecular weight is 259 g/mol. The standard InChI is InChI=1S/C11H12Cl2N2O/c1-7-2-9(5-14-11(7)13)15-6-8(4-12)3-10(15)16/h2,5,8H,3-4,6H2,1H3. The van der Waals surface area contributed by atoms with Crippen LogP contribution in [0.4, 0.5) is 5.69 Å². The normalized spacial score (nSPS) is 20.6. The first kappa shape index (κ1) is 11.7. The molecule has 1 amide bonds. The van der Waals surface area contributed by atoms with E-state index in [-0.39, 0.29) is 11.8 Å². The van der Waals surface area contributed by atoms with E-state index in [9.17, 15) is 4.79 Å². The Balaban J connectivity index is 2.24. The second-order valence-corrected chi connectivity index (χ2v) is 4.70. The molecule has 1 atom stereocenters. The Hall–Kier alpha value is -0.800. The molecule has 1 fully saturated rings. The first-order valence-corrected chi connectivity index (χ1v) is 6.01. The molecule has 2 rings (SSSR count). The minimum atomic E-state index is 0.106. The second kappa shape index (κ2) is 4.60. The molecule has 5 heteroatoms. The van der Waals surface area contributed by atoms with Gasteiger partial charge in [-0.3, -0.25) is 4.79 Å². The number of aromatic nitrogens is 1. The number of hydrogen-bond donors (Lipinski definition) is 0. The van der Waals surface area contributed by atoms with E-state index >= 15 is 0 Å². The lowest BCUT2D eigenvalue weighted by atomic mass is 10.1. The van der Waals surface area contributed by atoms with Gasteiger partial charge in [0.05, 0.1) is 11.9 Å². The van der Waals surface area contributed by atoms with Crippen molar-refractivity contribution in [3.05, 3.63) is 23.0 Å². The van der Waals surface area contributed by atoms with Crippen LogP contribution in [-0.2, 0) is 4.79 Å². The van der Waals surface area contributed by atoms with Crippen molar-refractivity contribution in [2.75, 3.05) is 17.3 Å². The van der Waals surface area contributed by atoms with Crippen molar-refractivity contribution in [1.82, 2.24) is 4.98 Å². The third-order valence-electron chi connectivity index (χ3n) is 2.73. The zero-order valence-electron chi connectivity index (χ0n) is 8.91. The van der Waals surface area contributed by atoms with Crippen LogP contribution in [0, 0.1) is 12.8 Å². The Labute approximate surface area is 104 Å². The van der Waals surface area contributed by atoms with Crippen molar-refractivity contribution in [3.8, 4) is 0 Å². The molecule has 2 heterocycles. The van der Waals surface area contributed by atoms with Gasteiger partial charge in [0.2, 0.25) is 5.91 Å². The Kier molecular flexibility index (Phi) is 3.36. The van der Waals surface area contributed by atoms with Crippen LogP contribution in [0.5, 0.6) is 0 Å². The molecule has 0 aromatic carbocycles. The molecule has 1 aliphatic heterocycles. The monoisotopic (exact) mass is 258 g/mol. The Morgan fingerprint density at radius 2 is 2.38 bits per heavy atom. The Morgan fingerprint density at radius 3 is 2.94 bits per heavy atom. The molecule has 1 saturated heterocycles. The van der Waals surface area contributed by atoms with Gasteiger partial charge in [-0.25, -0.2) is 4.98 Å². The summed E-state index contributed by atoms with van der Waals surface area (Å²) in [5.74, 6) is 0.863. The van der Waals surface area contributed by atoms with Gasteiger partial charge in [-0.15, -0.1) is 11.6 Å². The third-order valence-corrected chi connectivity index (χ3v) is 3.57. The zero-order chi connectivity index (χ0) is 11.7. The lowest BCUT2D eigenvalue weighted by Gasteiger charge is -2.16. The van der Waals surface area contributed by atoms with Crippen molar-refractivity contribution in [1.29, 1.82) is 0 Å². The van der Waals surface area contributed by atoms with E-state index in [0.717, 1.165) is 11.3 Å². The molecule has 1 aromatic rings. The number of pyridine rings is 1. The van der Waals surface area contributed by atoms with Crippen molar-refractivity contribution in [2.45, 2.75) is 13.3 Å². The van der Waals surface area contributed by atoms with Crippen LogP contribution >= 0.6 is 23.2 Å². The van der Waals surface area contributed by atoms with Gasteiger partial charge in [0.25, 0.3) is 0 Å². The first-order chi connectivity index (χ1) is 7.61. The van der Waals surface area contributed by atoms with Gasteiger partial charge < -0.3 is 4.90 Å². The maximum absolute atomic E-state index is 11.7. The summed E-state index contributed by atoms with van der Waals surface area (Å²) in [4.78, 5) is 17.5. The molecule has 1 unspecified atom stereocenters.